The summed E-state index contributed by atoms with van der Waals surface area (Å²) in [5.41, 5.74) is 7.44. The molecule has 0 saturated carbocycles. The quantitative estimate of drug-likeness (QED) is 0.644. The minimum Gasteiger partial charge on any atom is -0.394 e. The Morgan fingerprint density at radius 3 is 3.00 bits per heavy atom. The Balaban J connectivity index is 2.86. The van der Waals surface area contributed by atoms with Crippen molar-refractivity contribution < 1.29 is 5.11 Å². The Labute approximate surface area is 65.9 Å². The van der Waals surface area contributed by atoms with E-state index >= 15 is 0 Å². The summed E-state index contributed by atoms with van der Waals surface area (Å²) in [6.07, 6.45) is 1.69. The van der Waals surface area contributed by atoms with Crippen LogP contribution in [0.25, 0.3) is 0 Å². The molecule has 1 heterocycles. The molecule has 1 aromatic rings. The summed E-state index contributed by atoms with van der Waals surface area (Å²) in [6.45, 7) is 1.87. The fraction of sp³-hybridized carbons (Fsp3) is 0.375. The SMILES string of the molecule is Cc1cc([C@@H](N)CO)ccn1. The number of hydrogen-bond acceptors (Lipinski definition) is 3. The average Bonchev–Trinajstić information content (AvgIpc) is 2.03. The van der Waals surface area contributed by atoms with E-state index in [1.807, 2.05) is 19.1 Å². The van der Waals surface area contributed by atoms with Gasteiger partial charge >= 0.3 is 0 Å². The van der Waals surface area contributed by atoms with E-state index in [4.69, 9.17) is 10.8 Å². The van der Waals surface area contributed by atoms with Gasteiger partial charge < -0.3 is 10.8 Å². The normalized spacial score (nSPS) is 13.0. The van der Waals surface area contributed by atoms with Crippen LogP contribution in [0.4, 0.5) is 0 Å². The van der Waals surface area contributed by atoms with Gasteiger partial charge in [0.1, 0.15) is 0 Å². The van der Waals surface area contributed by atoms with E-state index in [2.05, 4.69) is 4.98 Å². The van der Waals surface area contributed by atoms with Gasteiger partial charge in [-0.25, -0.2) is 0 Å². The van der Waals surface area contributed by atoms with Crippen molar-refractivity contribution in [3.05, 3.63) is 29.6 Å². The Bertz CT molecular complexity index is 237. The van der Waals surface area contributed by atoms with Crippen molar-refractivity contribution in [3.8, 4) is 0 Å². The zero-order valence-electron chi connectivity index (χ0n) is 6.49. The van der Waals surface area contributed by atoms with Crippen molar-refractivity contribution in [3.63, 3.8) is 0 Å². The molecule has 0 unspecified atom stereocenters. The number of aliphatic hydroxyl groups is 1. The van der Waals surface area contributed by atoms with Crippen LogP contribution in [0.3, 0.4) is 0 Å². The van der Waals surface area contributed by atoms with Gasteiger partial charge in [0.25, 0.3) is 0 Å². The fourth-order valence-electron chi connectivity index (χ4n) is 0.904. The van der Waals surface area contributed by atoms with Gasteiger partial charge in [-0.15, -0.1) is 0 Å². The Morgan fingerprint density at radius 2 is 2.45 bits per heavy atom. The molecule has 0 fully saturated rings. The van der Waals surface area contributed by atoms with Gasteiger partial charge in [-0.2, -0.15) is 0 Å². The summed E-state index contributed by atoms with van der Waals surface area (Å²) in [7, 11) is 0. The lowest BCUT2D eigenvalue weighted by Crippen LogP contribution is -2.14. The molecule has 0 spiro atoms. The number of aliphatic hydroxyl groups excluding tert-OH is 1. The highest BCUT2D eigenvalue weighted by atomic mass is 16.3. The van der Waals surface area contributed by atoms with Crippen molar-refractivity contribution in [2.75, 3.05) is 6.61 Å². The lowest BCUT2D eigenvalue weighted by Gasteiger charge is -2.07. The van der Waals surface area contributed by atoms with Crippen LogP contribution < -0.4 is 5.73 Å². The molecule has 60 valence electrons. The minimum atomic E-state index is -0.281. The van der Waals surface area contributed by atoms with Crippen LogP contribution >= 0.6 is 0 Å². The maximum atomic E-state index is 8.73. The van der Waals surface area contributed by atoms with E-state index in [1.165, 1.54) is 0 Å². The smallest absolute Gasteiger partial charge is 0.0624 e. The zero-order valence-corrected chi connectivity index (χ0v) is 6.49. The second kappa shape index (κ2) is 3.46. The first-order chi connectivity index (χ1) is 5.24. The second-order valence-electron chi connectivity index (χ2n) is 2.52. The third-order valence-electron chi connectivity index (χ3n) is 1.55. The van der Waals surface area contributed by atoms with Crippen LogP contribution in [-0.2, 0) is 0 Å². The molecule has 3 N–H and O–H groups in total. The van der Waals surface area contributed by atoms with Crippen LogP contribution in [0.2, 0.25) is 0 Å². The first-order valence-corrected chi connectivity index (χ1v) is 3.53. The highest BCUT2D eigenvalue weighted by molar-refractivity contribution is 5.18. The molecular formula is C8H12N2O. The molecule has 1 atom stereocenters. The molecule has 1 rings (SSSR count). The van der Waals surface area contributed by atoms with Crippen molar-refractivity contribution in [2.24, 2.45) is 5.73 Å². The number of nitrogens with two attached hydrogens (primary N) is 1. The maximum Gasteiger partial charge on any atom is 0.0624 e. The number of hydrogen-bond donors (Lipinski definition) is 2. The van der Waals surface area contributed by atoms with E-state index in [1.54, 1.807) is 6.20 Å². The summed E-state index contributed by atoms with van der Waals surface area (Å²) in [5, 5.41) is 8.73. The van der Waals surface area contributed by atoms with E-state index in [-0.39, 0.29) is 12.6 Å². The van der Waals surface area contributed by atoms with E-state index < -0.39 is 0 Å². The summed E-state index contributed by atoms with van der Waals surface area (Å²) >= 11 is 0. The first-order valence-electron chi connectivity index (χ1n) is 3.53. The van der Waals surface area contributed by atoms with Crippen molar-refractivity contribution >= 4 is 0 Å². The third kappa shape index (κ3) is 2.00. The Hall–Kier alpha value is -0.930. The van der Waals surface area contributed by atoms with Gasteiger partial charge in [-0.1, -0.05) is 0 Å². The summed E-state index contributed by atoms with van der Waals surface area (Å²) < 4.78 is 0. The monoisotopic (exact) mass is 152 g/mol. The number of aromatic nitrogens is 1. The zero-order chi connectivity index (χ0) is 8.27. The van der Waals surface area contributed by atoms with Crippen molar-refractivity contribution in [2.45, 2.75) is 13.0 Å². The van der Waals surface area contributed by atoms with E-state index in [0.717, 1.165) is 11.3 Å². The Kier molecular flexibility index (Phi) is 2.57. The largest absolute Gasteiger partial charge is 0.394 e. The van der Waals surface area contributed by atoms with Gasteiger partial charge in [0, 0.05) is 11.9 Å². The van der Waals surface area contributed by atoms with E-state index in [9.17, 15) is 0 Å². The molecular weight excluding hydrogens is 140 g/mol. The van der Waals surface area contributed by atoms with E-state index in [0.29, 0.717) is 0 Å². The fourth-order valence-corrected chi connectivity index (χ4v) is 0.904. The number of pyridine rings is 1. The molecule has 0 aromatic carbocycles. The van der Waals surface area contributed by atoms with Crippen molar-refractivity contribution in [1.29, 1.82) is 0 Å². The predicted molar refractivity (Wildman–Crippen MR) is 43.0 cm³/mol. The number of rotatable bonds is 2. The maximum absolute atomic E-state index is 8.73. The van der Waals surface area contributed by atoms with Gasteiger partial charge in [-0.3, -0.25) is 4.98 Å². The highest BCUT2D eigenvalue weighted by Gasteiger charge is 2.02. The van der Waals surface area contributed by atoms with Crippen LogP contribution in [0.5, 0.6) is 0 Å². The summed E-state index contributed by atoms with van der Waals surface area (Å²) in [4.78, 5) is 4.02. The summed E-state index contributed by atoms with van der Waals surface area (Å²) in [6, 6.07) is 3.41. The molecule has 0 aliphatic heterocycles. The molecule has 0 saturated heterocycles. The van der Waals surface area contributed by atoms with Crippen LogP contribution in [0, 0.1) is 6.92 Å². The topological polar surface area (TPSA) is 59.1 Å². The van der Waals surface area contributed by atoms with Gasteiger partial charge in [-0.05, 0) is 24.6 Å². The second-order valence-corrected chi connectivity index (χ2v) is 2.52. The molecule has 11 heavy (non-hydrogen) atoms. The first kappa shape index (κ1) is 8.17. The molecule has 0 aliphatic carbocycles. The highest BCUT2D eigenvalue weighted by Crippen LogP contribution is 2.08. The molecule has 0 amide bonds. The van der Waals surface area contributed by atoms with Crippen molar-refractivity contribution in [1.82, 2.24) is 4.98 Å². The van der Waals surface area contributed by atoms with Crippen LogP contribution in [0.15, 0.2) is 18.3 Å². The average molecular weight is 152 g/mol. The van der Waals surface area contributed by atoms with Gasteiger partial charge in [0.15, 0.2) is 0 Å². The van der Waals surface area contributed by atoms with Crippen LogP contribution in [0.1, 0.15) is 17.3 Å². The van der Waals surface area contributed by atoms with Gasteiger partial charge in [0.05, 0.1) is 12.6 Å². The number of aryl methyl sites for hydroxylation is 1. The predicted octanol–water partition coefficient (Wildman–Crippen LogP) is 0.382. The molecule has 3 nitrogen and oxygen atoms in total. The molecule has 1 aromatic heterocycles. The molecule has 0 aliphatic rings. The third-order valence-corrected chi connectivity index (χ3v) is 1.55. The van der Waals surface area contributed by atoms with Crippen LogP contribution in [-0.4, -0.2) is 16.7 Å². The molecule has 0 radical (unpaired) electrons. The molecule has 3 heteroatoms. The lowest BCUT2D eigenvalue weighted by atomic mass is 10.1. The van der Waals surface area contributed by atoms with Gasteiger partial charge in [0.2, 0.25) is 0 Å². The minimum absolute atomic E-state index is 0.0244. The Morgan fingerprint density at radius 1 is 1.73 bits per heavy atom. The number of nitrogens with zero attached hydrogens (tertiary/aromatic N) is 1. The lowest BCUT2D eigenvalue weighted by molar-refractivity contribution is 0.268. The summed E-state index contributed by atoms with van der Waals surface area (Å²) in [5.74, 6) is 0. The molecule has 0 bridgehead atoms. The standard InChI is InChI=1S/C8H12N2O/c1-6-4-7(2-3-10-6)8(9)5-11/h2-4,8,11H,5,9H2,1H3/t8-/m0/s1.